The van der Waals surface area contributed by atoms with Gasteiger partial charge in [0.15, 0.2) is 5.69 Å². The van der Waals surface area contributed by atoms with Crippen LogP contribution in [0.5, 0.6) is 0 Å². The summed E-state index contributed by atoms with van der Waals surface area (Å²) in [5, 5.41) is 7.91. The number of thiophene rings is 1. The number of rotatable bonds is 5. The smallest absolute Gasteiger partial charge is 0.272 e. The monoisotopic (exact) mass is 304 g/mol. The van der Waals surface area contributed by atoms with Crippen molar-refractivity contribution < 1.29 is 4.79 Å². The molecule has 21 heavy (non-hydrogen) atoms. The standard InChI is InChI=1S/C15H20N4OS/c1-9(2)14-17-7-11(16-4)13(19-14)15(20)18-8-12-10(3)5-6-21-12/h5-7,9,16H,8H2,1-4H3,(H,18,20). The van der Waals surface area contributed by atoms with Crippen LogP contribution in [-0.2, 0) is 6.54 Å². The Morgan fingerprint density at radius 3 is 2.76 bits per heavy atom. The summed E-state index contributed by atoms with van der Waals surface area (Å²) < 4.78 is 0. The van der Waals surface area contributed by atoms with Crippen molar-refractivity contribution in [2.24, 2.45) is 0 Å². The van der Waals surface area contributed by atoms with Crippen LogP contribution < -0.4 is 10.6 Å². The van der Waals surface area contributed by atoms with E-state index in [2.05, 4.69) is 20.6 Å². The molecule has 0 saturated carbocycles. The average Bonchev–Trinajstić information content (AvgIpc) is 2.89. The average molecular weight is 304 g/mol. The molecule has 0 bridgehead atoms. The summed E-state index contributed by atoms with van der Waals surface area (Å²) in [4.78, 5) is 22.2. The molecule has 0 unspecified atom stereocenters. The fraction of sp³-hybridized carbons (Fsp3) is 0.400. The van der Waals surface area contributed by atoms with Gasteiger partial charge in [-0.25, -0.2) is 9.97 Å². The van der Waals surface area contributed by atoms with E-state index in [4.69, 9.17) is 0 Å². The van der Waals surface area contributed by atoms with Crippen molar-refractivity contribution in [2.45, 2.75) is 33.2 Å². The van der Waals surface area contributed by atoms with Crippen LogP contribution in [0.25, 0.3) is 0 Å². The molecule has 2 heterocycles. The minimum atomic E-state index is -0.184. The maximum absolute atomic E-state index is 12.4. The second-order valence-electron chi connectivity index (χ2n) is 5.10. The highest BCUT2D eigenvalue weighted by molar-refractivity contribution is 7.10. The summed E-state index contributed by atoms with van der Waals surface area (Å²) in [7, 11) is 1.76. The molecule has 0 saturated heterocycles. The van der Waals surface area contributed by atoms with E-state index in [1.54, 1.807) is 24.6 Å². The molecule has 0 spiro atoms. The van der Waals surface area contributed by atoms with Crippen molar-refractivity contribution >= 4 is 22.9 Å². The van der Waals surface area contributed by atoms with Crippen LogP contribution in [0.3, 0.4) is 0 Å². The Hall–Kier alpha value is -1.95. The minimum absolute atomic E-state index is 0.182. The summed E-state index contributed by atoms with van der Waals surface area (Å²) in [6.07, 6.45) is 1.66. The number of amides is 1. The van der Waals surface area contributed by atoms with Gasteiger partial charge in [0.1, 0.15) is 5.82 Å². The Morgan fingerprint density at radius 2 is 2.19 bits per heavy atom. The van der Waals surface area contributed by atoms with E-state index in [9.17, 15) is 4.79 Å². The van der Waals surface area contributed by atoms with E-state index in [0.717, 1.165) is 4.88 Å². The summed E-state index contributed by atoms with van der Waals surface area (Å²) in [6.45, 7) is 6.57. The lowest BCUT2D eigenvalue weighted by atomic mass is 10.2. The topological polar surface area (TPSA) is 66.9 Å². The number of carbonyl (C=O) groups excluding carboxylic acids is 1. The first-order valence-electron chi connectivity index (χ1n) is 6.88. The van der Waals surface area contributed by atoms with Crippen LogP contribution >= 0.6 is 11.3 Å². The van der Waals surface area contributed by atoms with E-state index in [1.165, 1.54) is 5.56 Å². The number of aromatic nitrogens is 2. The molecular formula is C15H20N4OS. The third kappa shape index (κ3) is 3.58. The normalized spacial score (nSPS) is 10.7. The molecule has 2 aromatic rings. The molecule has 0 fully saturated rings. The first-order valence-corrected chi connectivity index (χ1v) is 7.76. The quantitative estimate of drug-likeness (QED) is 0.891. The molecule has 6 heteroatoms. The molecule has 1 amide bonds. The van der Waals surface area contributed by atoms with Crippen LogP contribution in [0.2, 0.25) is 0 Å². The zero-order valence-corrected chi connectivity index (χ0v) is 13.5. The highest BCUT2D eigenvalue weighted by atomic mass is 32.1. The molecule has 0 atom stereocenters. The Morgan fingerprint density at radius 1 is 1.43 bits per heavy atom. The van der Waals surface area contributed by atoms with Crippen LogP contribution in [0, 0.1) is 6.92 Å². The molecule has 5 nitrogen and oxygen atoms in total. The number of carbonyl (C=O) groups is 1. The lowest BCUT2D eigenvalue weighted by Gasteiger charge is -2.11. The minimum Gasteiger partial charge on any atom is -0.385 e. The zero-order valence-electron chi connectivity index (χ0n) is 12.7. The Labute approximate surface area is 128 Å². The Kier molecular flexibility index (Phi) is 4.90. The number of hydrogen-bond donors (Lipinski definition) is 2. The molecule has 0 aromatic carbocycles. The number of aryl methyl sites for hydroxylation is 1. The van der Waals surface area contributed by atoms with Gasteiger partial charge >= 0.3 is 0 Å². The lowest BCUT2D eigenvalue weighted by molar-refractivity contribution is 0.0946. The third-order valence-electron chi connectivity index (χ3n) is 3.19. The van der Waals surface area contributed by atoms with Gasteiger partial charge in [-0.2, -0.15) is 0 Å². The number of nitrogens with zero attached hydrogens (tertiary/aromatic N) is 2. The van der Waals surface area contributed by atoms with Crippen LogP contribution in [0.15, 0.2) is 17.6 Å². The van der Waals surface area contributed by atoms with Crippen molar-refractivity contribution in [3.05, 3.63) is 39.6 Å². The maximum atomic E-state index is 12.4. The maximum Gasteiger partial charge on any atom is 0.272 e. The van der Waals surface area contributed by atoms with E-state index in [0.29, 0.717) is 23.8 Å². The number of hydrogen-bond acceptors (Lipinski definition) is 5. The predicted molar refractivity (Wildman–Crippen MR) is 85.9 cm³/mol. The first kappa shape index (κ1) is 15.4. The molecule has 0 aliphatic carbocycles. The van der Waals surface area contributed by atoms with Gasteiger partial charge in [0.2, 0.25) is 0 Å². The van der Waals surface area contributed by atoms with Crippen LogP contribution in [0.4, 0.5) is 5.69 Å². The molecule has 0 radical (unpaired) electrons. The van der Waals surface area contributed by atoms with Gasteiger partial charge in [-0.1, -0.05) is 13.8 Å². The molecule has 2 rings (SSSR count). The van der Waals surface area contributed by atoms with Crippen molar-refractivity contribution in [3.8, 4) is 0 Å². The molecule has 2 aromatic heterocycles. The second-order valence-corrected chi connectivity index (χ2v) is 6.11. The third-order valence-corrected chi connectivity index (χ3v) is 4.21. The van der Waals surface area contributed by atoms with Gasteiger partial charge in [-0.3, -0.25) is 4.79 Å². The summed E-state index contributed by atoms with van der Waals surface area (Å²) in [6, 6.07) is 2.05. The Bertz CT molecular complexity index is 636. The number of nitrogens with one attached hydrogen (secondary N) is 2. The van der Waals surface area contributed by atoms with Crippen molar-refractivity contribution in [1.29, 1.82) is 0 Å². The van der Waals surface area contributed by atoms with Gasteiger partial charge in [0.05, 0.1) is 18.4 Å². The van der Waals surface area contributed by atoms with E-state index >= 15 is 0 Å². The predicted octanol–water partition coefficient (Wildman–Crippen LogP) is 2.94. The highest BCUT2D eigenvalue weighted by Gasteiger charge is 2.16. The second kappa shape index (κ2) is 6.67. The van der Waals surface area contributed by atoms with Gasteiger partial charge < -0.3 is 10.6 Å². The molecular weight excluding hydrogens is 284 g/mol. The lowest BCUT2D eigenvalue weighted by Crippen LogP contribution is -2.25. The van der Waals surface area contributed by atoms with Gasteiger partial charge in [-0.15, -0.1) is 11.3 Å². The van der Waals surface area contributed by atoms with Crippen molar-refractivity contribution in [3.63, 3.8) is 0 Å². The van der Waals surface area contributed by atoms with Gasteiger partial charge in [0.25, 0.3) is 5.91 Å². The summed E-state index contributed by atoms with van der Waals surface area (Å²) in [5.41, 5.74) is 2.23. The molecule has 0 aliphatic heterocycles. The fourth-order valence-corrected chi connectivity index (χ4v) is 2.71. The molecule has 0 aliphatic rings. The molecule has 112 valence electrons. The van der Waals surface area contributed by atoms with Crippen LogP contribution in [-0.4, -0.2) is 22.9 Å². The number of anilines is 1. The highest BCUT2D eigenvalue weighted by Crippen LogP contribution is 2.17. The van der Waals surface area contributed by atoms with E-state index in [1.807, 2.05) is 32.2 Å². The van der Waals surface area contributed by atoms with Gasteiger partial charge in [0, 0.05) is 17.8 Å². The summed E-state index contributed by atoms with van der Waals surface area (Å²) in [5.74, 6) is 0.671. The first-order chi connectivity index (χ1) is 10.0. The molecule has 2 N–H and O–H groups in total. The fourth-order valence-electron chi connectivity index (χ4n) is 1.86. The van der Waals surface area contributed by atoms with Gasteiger partial charge in [-0.05, 0) is 23.9 Å². The van der Waals surface area contributed by atoms with E-state index in [-0.39, 0.29) is 11.8 Å². The van der Waals surface area contributed by atoms with Crippen molar-refractivity contribution in [1.82, 2.24) is 15.3 Å². The summed E-state index contributed by atoms with van der Waals surface area (Å²) >= 11 is 1.64. The SMILES string of the molecule is CNc1cnc(C(C)C)nc1C(=O)NCc1sccc1C. The zero-order chi connectivity index (χ0) is 15.4. The van der Waals surface area contributed by atoms with E-state index < -0.39 is 0 Å². The largest absolute Gasteiger partial charge is 0.385 e. The van der Waals surface area contributed by atoms with Crippen LogP contribution in [0.1, 0.15) is 46.5 Å². The Balaban J connectivity index is 2.17. The van der Waals surface area contributed by atoms with Crippen molar-refractivity contribution in [2.75, 3.05) is 12.4 Å².